The van der Waals surface area contributed by atoms with Crippen LogP contribution in [-0.2, 0) is 0 Å². The van der Waals surface area contributed by atoms with E-state index >= 15 is 0 Å². The van der Waals surface area contributed by atoms with E-state index in [2.05, 4.69) is 10.4 Å². The Balaban J connectivity index is 2.06. The van der Waals surface area contributed by atoms with Gasteiger partial charge in [-0.25, -0.2) is 4.68 Å². The highest BCUT2D eigenvalue weighted by molar-refractivity contribution is 6.30. The molecule has 1 unspecified atom stereocenters. The smallest absolute Gasteiger partial charge is 0.270 e. The molecule has 1 atom stereocenters. The van der Waals surface area contributed by atoms with Crippen molar-refractivity contribution < 1.29 is 9.21 Å². The van der Waals surface area contributed by atoms with Crippen LogP contribution in [0.3, 0.4) is 0 Å². The van der Waals surface area contributed by atoms with Crippen LogP contribution in [0.1, 0.15) is 30.8 Å². The highest BCUT2D eigenvalue weighted by atomic mass is 35.5. The summed E-state index contributed by atoms with van der Waals surface area (Å²) >= 11 is 6.08. The number of amides is 1. The van der Waals surface area contributed by atoms with E-state index < -0.39 is 0 Å². The van der Waals surface area contributed by atoms with Crippen LogP contribution in [0.4, 0.5) is 0 Å². The summed E-state index contributed by atoms with van der Waals surface area (Å²) in [6.07, 6.45) is 2.43. The van der Waals surface area contributed by atoms with E-state index in [0.717, 1.165) is 12.1 Å². The Kier molecular flexibility index (Phi) is 4.71. The SMILES string of the molecule is CCC(C)NC(=O)c1cc(-c2ccco2)nn1-c1cccc(Cl)c1. The first kappa shape index (κ1) is 16.3. The summed E-state index contributed by atoms with van der Waals surface area (Å²) in [4.78, 5) is 12.6. The van der Waals surface area contributed by atoms with Crippen molar-refractivity contribution in [3.63, 3.8) is 0 Å². The van der Waals surface area contributed by atoms with E-state index in [-0.39, 0.29) is 11.9 Å². The molecule has 3 aromatic rings. The highest BCUT2D eigenvalue weighted by Crippen LogP contribution is 2.23. The molecule has 1 aromatic carbocycles. The van der Waals surface area contributed by atoms with Crippen molar-refractivity contribution in [1.29, 1.82) is 0 Å². The van der Waals surface area contributed by atoms with Crippen molar-refractivity contribution >= 4 is 17.5 Å². The fourth-order valence-corrected chi connectivity index (χ4v) is 2.48. The molecule has 3 rings (SSSR count). The normalized spacial score (nSPS) is 12.1. The van der Waals surface area contributed by atoms with Crippen LogP contribution in [0.25, 0.3) is 17.1 Å². The van der Waals surface area contributed by atoms with Crippen molar-refractivity contribution in [3.8, 4) is 17.1 Å². The number of hydrogen-bond donors (Lipinski definition) is 1. The number of benzene rings is 1. The first-order valence-electron chi connectivity index (χ1n) is 7.79. The monoisotopic (exact) mass is 343 g/mol. The van der Waals surface area contributed by atoms with Gasteiger partial charge < -0.3 is 9.73 Å². The lowest BCUT2D eigenvalue weighted by molar-refractivity contribution is 0.0931. The minimum absolute atomic E-state index is 0.0762. The zero-order chi connectivity index (χ0) is 17.1. The second-order valence-corrected chi connectivity index (χ2v) is 6.00. The Hall–Kier alpha value is -2.53. The summed E-state index contributed by atoms with van der Waals surface area (Å²) in [5.41, 5.74) is 1.74. The molecule has 0 aliphatic carbocycles. The Morgan fingerprint density at radius 2 is 2.17 bits per heavy atom. The van der Waals surface area contributed by atoms with Crippen molar-refractivity contribution in [1.82, 2.24) is 15.1 Å². The van der Waals surface area contributed by atoms with Crippen LogP contribution < -0.4 is 5.32 Å². The fourth-order valence-electron chi connectivity index (χ4n) is 2.29. The molecular weight excluding hydrogens is 326 g/mol. The van der Waals surface area contributed by atoms with Crippen LogP contribution in [-0.4, -0.2) is 21.7 Å². The third-order valence-corrected chi connectivity index (χ3v) is 3.99. The topological polar surface area (TPSA) is 60.1 Å². The summed E-state index contributed by atoms with van der Waals surface area (Å²) in [7, 11) is 0. The second-order valence-electron chi connectivity index (χ2n) is 5.57. The van der Waals surface area contributed by atoms with Crippen LogP contribution in [0, 0.1) is 0 Å². The number of nitrogens with zero attached hydrogens (tertiary/aromatic N) is 2. The van der Waals surface area contributed by atoms with E-state index in [4.69, 9.17) is 16.0 Å². The first-order chi connectivity index (χ1) is 11.6. The summed E-state index contributed by atoms with van der Waals surface area (Å²) in [5.74, 6) is 0.419. The molecule has 1 amide bonds. The van der Waals surface area contributed by atoms with Crippen molar-refractivity contribution in [2.45, 2.75) is 26.3 Å². The molecule has 2 aromatic heterocycles. The molecule has 0 saturated heterocycles. The molecule has 0 fully saturated rings. The summed E-state index contributed by atoms with van der Waals surface area (Å²) < 4.78 is 6.98. The Morgan fingerprint density at radius 3 is 2.83 bits per heavy atom. The number of nitrogens with one attached hydrogen (secondary N) is 1. The summed E-state index contributed by atoms with van der Waals surface area (Å²) in [6, 6.07) is 12.6. The van der Waals surface area contributed by atoms with Crippen LogP contribution in [0.2, 0.25) is 5.02 Å². The lowest BCUT2D eigenvalue weighted by Gasteiger charge is -2.12. The van der Waals surface area contributed by atoms with Crippen molar-refractivity contribution in [2.24, 2.45) is 0 Å². The van der Waals surface area contributed by atoms with Gasteiger partial charge in [-0.2, -0.15) is 5.10 Å². The zero-order valence-electron chi connectivity index (χ0n) is 13.5. The van der Waals surface area contributed by atoms with Gasteiger partial charge in [0.25, 0.3) is 5.91 Å². The average molecular weight is 344 g/mol. The summed E-state index contributed by atoms with van der Waals surface area (Å²) in [6.45, 7) is 3.99. The third kappa shape index (κ3) is 3.36. The number of furan rings is 1. The van der Waals surface area contributed by atoms with Crippen LogP contribution in [0.5, 0.6) is 0 Å². The van der Waals surface area contributed by atoms with E-state index in [9.17, 15) is 4.79 Å². The van der Waals surface area contributed by atoms with Gasteiger partial charge in [0.2, 0.25) is 0 Å². The standard InChI is InChI=1S/C18H18ClN3O2/c1-3-12(2)20-18(23)16-11-15(17-8-5-9-24-17)21-22(16)14-7-4-6-13(19)10-14/h4-12H,3H2,1-2H3,(H,20,23). The molecular formula is C18H18ClN3O2. The van der Waals surface area contributed by atoms with Gasteiger partial charge in [-0.15, -0.1) is 0 Å². The molecule has 2 heterocycles. The molecule has 5 nitrogen and oxygen atoms in total. The predicted molar refractivity (Wildman–Crippen MR) is 93.5 cm³/mol. The molecule has 0 bridgehead atoms. The van der Waals surface area contributed by atoms with E-state index in [1.165, 1.54) is 0 Å². The molecule has 24 heavy (non-hydrogen) atoms. The molecule has 0 saturated carbocycles. The minimum Gasteiger partial charge on any atom is -0.463 e. The maximum Gasteiger partial charge on any atom is 0.270 e. The lowest BCUT2D eigenvalue weighted by atomic mass is 10.2. The van der Waals surface area contributed by atoms with E-state index in [1.54, 1.807) is 41.3 Å². The summed E-state index contributed by atoms with van der Waals surface area (Å²) in [5, 5.41) is 8.07. The Bertz CT molecular complexity index is 840. The first-order valence-corrected chi connectivity index (χ1v) is 8.17. The molecule has 0 spiro atoms. The number of aromatic nitrogens is 2. The largest absolute Gasteiger partial charge is 0.463 e. The second kappa shape index (κ2) is 6.93. The molecule has 0 radical (unpaired) electrons. The maximum absolute atomic E-state index is 12.6. The predicted octanol–water partition coefficient (Wildman–Crippen LogP) is 4.31. The van der Waals surface area contributed by atoms with Crippen molar-refractivity contribution in [2.75, 3.05) is 0 Å². The highest BCUT2D eigenvalue weighted by Gasteiger charge is 2.19. The van der Waals surface area contributed by atoms with Gasteiger partial charge in [0.05, 0.1) is 12.0 Å². The number of carbonyl (C=O) groups is 1. The van der Waals surface area contributed by atoms with Gasteiger partial charge in [-0.05, 0) is 43.7 Å². The Labute approximate surface area is 145 Å². The molecule has 1 N–H and O–H groups in total. The van der Waals surface area contributed by atoms with Crippen LogP contribution >= 0.6 is 11.6 Å². The Morgan fingerprint density at radius 1 is 1.33 bits per heavy atom. The van der Waals surface area contributed by atoms with E-state index in [1.807, 2.05) is 26.0 Å². The quantitative estimate of drug-likeness (QED) is 0.750. The molecule has 0 aliphatic heterocycles. The lowest BCUT2D eigenvalue weighted by Crippen LogP contribution is -2.33. The average Bonchev–Trinajstić information content (AvgIpc) is 3.23. The molecule has 124 valence electrons. The van der Waals surface area contributed by atoms with Gasteiger partial charge >= 0.3 is 0 Å². The van der Waals surface area contributed by atoms with Gasteiger partial charge in [-0.3, -0.25) is 4.79 Å². The maximum atomic E-state index is 12.6. The third-order valence-electron chi connectivity index (χ3n) is 3.76. The van der Waals surface area contributed by atoms with Crippen molar-refractivity contribution in [3.05, 3.63) is 59.4 Å². The number of carbonyl (C=O) groups excluding carboxylic acids is 1. The fraction of sp³-hybridized carbons (Fsp3) is 0.222. The van der Waals surface area contributed by atoms with Gasteiger partial charge in [0.15, 0.2) is 5.76 Å². The van der Waals surface area contributed by atoms with Gasteiger partial charge in [-0.1, -0.05) is 24.6 Å². The number of rotatable bonds is 5. The minimum atomic E-state index is -0.186. The number of hydrogen-bond acceptors (Lipinski definition) is 3. The van der Waals surface area contributed by atoms with Gasteiger partial charge in [0, 0.05) is 17.1 Å². The zero-order valence-corrected chi connectivity index (χ0v) is 14.2. The van der Waals surface area contributed by atoms with Crippen LogP contribution in [0.15, 0.2) is 53.1 Å². The van der Waals surface area contributed by atoms with E-state index in [0.29, 0.717) is 22.2 Å². The molecule has 6 heteroatoms. The number of halogens is 1. The molecule has 0 aliphatic rings. The van der Waals surface area contributed by atoms with Gasteiger partial charge in [0.1, 0.15) is 11.4 Å².